The molecular weight excluding hydrogens is 340 g/mol. The van der Waals surface area contributed by atoms with Gasteiger partial charge in [-0.15, -0.1) is 11.8 Å². The van der Waals surface area contributed by atoms with E-state index in [-0.39, 0.29) is 11.9 Å². The number of ether oxygens (including phenoxy) is 1. The van der Waals surface area contributed by atoms with Crippen molar-refractivity contribution in [3.05, 3.63) is 29.8 Å². The van der Waals surface area contributed by atoms with E-state index in [2.05, 4.69) is 9.80 Å². The van der Waals surface area contributed by atoms with Gasteiger partial charge in [0.05, 0.1) is 24.8 Å². The summed E-state index contributed by atoms with van der Waals surface area (Å²) in [4.78, 5) is 18.9. The molecule has 132 valence electrons. The summed E-state index contributed by atoms with van der Waals surface area (Å²) in [6.07, 6.45) is 3.12. The Morgan fingerprint density at radius 1 is 1.29 bits per heavy atom. The van der Waals surface area contributed by atoms with E-state index in [0.29, 0.717) is 0 Å². The Hall–Kier alpha value is -0.690. The highest BCUT2D eigenvalue weighted by molar-refractivity contribution is 7.99. The maximum Gasteiger partial charge on any atom is 0.255 e. The Morgan fingerprint density at radius 2 is 2.08 bits per heavy atom. The van der Waals surface area contributed by atoms with Crippen molar-refractivity contribution in [2.75, 3.05) is 57.2 Å². The second-order valence-corrected chi connectivity index (χ2v) is 8.19. The zero-order chi connectivity index (χ0) is 16.8. The molecule has 2 heterocycles. The van der Waals surface area contributed by atoms with Crippen LogP contribution in [0.1, 0.15) is 16.8 Å². The maximum absolute atomic E-state index is 13.2. The molecule has 1 amide bonds. The van der Waals surface area contributed by atoms with Crippen molar-refractivity contribution in [2.45, 2.75) is 17.4 Å². The SMILES string of the molecule is CSc1ccccc1C(=O)N1CCCSC[C@@H]1CN1CCOCC1. The summed E-state index contributed by atoms with van der Waals surface area (Å²) in [6, 6.07) is 8.28. The van der Waals surface area contributed by atoms with E-state index in [0.717, 1.165) is 67.8 Å². The number of rotatable bonds is 4. The van der Waals surface area contributed by atoms with Crippen LogP contribution in [-0.2, 0) is 4.74 Å². The summed E-state index contributed by atoms with van der Waals surface area (Å²) in [6.45, 7) is 5.40. The number of carbonyl (C=O) groups is 1. The van der Waals surface area contributed by atoms with Gasteiger partial charge < -0.3 is 9.64 Å². The summed E-state index contributed by atoms with van der Waals surface area (Å²) in [5.74, 6) is 2.37. The molecule has 3 rings (SSSR count). The normalized spacial score (nSPS) is 23.0. The third kappa shape index (κ3) is 4.48. The fourth-order valence-electron chi connectivity index (χ4n) is 3.31. The molecule has 0 saturated carbocycles. The summed E-state index contributed by atoms with van der Waals surface area (Å²) < 4.78 is 5.46. The average Bonchev–Trinajstić information content (AvgIpc) is 2.87. The van der Waals surface area contributed by atoms with Crippen molar-refractivity contribution in [2.24, 2.45) is 0 Å². The molecule has 0 N–H and O–H groups in total. The molecule has 0 aliphatic carbocycles. The van der Waals surface area contributed by atoms with Crippen LogP contribution in [0.2, 0.25) is 0 Å². The van der Waals surface area contributed by atoms with E-state index >= 15 is 0 Å². The number of thioether (sulfide) groups is 2. The highest BCUT2D eigenvalue weighted by atomic mass is 32.2. The molecule has 1 aromatic rings. The minimum atomic E-state index is 0.195. The Balaban J connectivity index is 1.77. The minimum absolute atomic E-state index is 0.195. The first-order valence-electron chi connectivity index (χ1n) is 8.61. The molecule has 0 radical (unpaired) electrons. The predicted octanol–water partition coefficient (Wildman–Crippen LogP) is 2.69. The largest absolute Gasteiger partial charge is 0.379 e. The zero-order valence-corrected chi connectivity index (χ0v) is 15.9. The van der Waals surface area contributed by atoms with E-state index < -0.39 is 0 Å². The number of nitrogens with zero attached hydrogens (tertiary/aromatic N) is 2. The molecule has 1 aromatic carbocycles. The predicted molar refractivity (Wildman–Crippen MR) is 102 cm³/mol. The molecule has 24 heavy (non-hydrogen) atoms. The van der Waals surface area contributed by atoms with Crippen LogP contribution in [0.4, 0.5) is 0 Å². The molecule has 2 aliphatic rings. The van der Waals surface area contributed by atoms with Gasteiger partial charge in [-0.05, 0) is 30.6 Å². The molecule has 2 fully saturated rings. The molecule has 0 spiro atoms. The first kappa shape index (κ1) is 18.1. The highest BCUT2D eigenvalue weighted by Gasteiger charge is 2.29. The fraction of sp³-hybridized carbons (Fsp3) is 0.611. The summed E-state index contributed by atoms with van der Waals surface area (Å²) in [5.41, 5.74) is 0.851. The van der Waals surface area contributed by atoms with Gasteiger partial charge in [0.1, 0.15) is 0 Å². The molecule has 0 aromatic heterocycles. The molecule has 2 saturated heterocycles. The topological polar surface area (TPSA) is 32.8 Å². The van der Waals surface area contributed by atoms with Crippen molar-refractivity contribution in [1.82, 2.24) is 9.80 Å². The Bertz CT molecular complexity index is 550. The second kappa shape index (κ2) is 9.13. The smallest absolute Gasteiger partial charge is 0.255 e. The quantitative estimate of drug-likeness (QED) is 0.765. The van der Waals surface area contributed by atoms with Crippen molar-refractivity contribution in [3.8, 4) is 0 Å². The van der Waals surface area contributed by atoms with Gasteiger partial charge in [-0.2, -0.15) is 11.8 Å². The van der Waals surface area contributed by atoms with Gasteiger partial charge in [0, 0.05) is 36.8 Å². The number of hydrogen-bond donors (Lipinski definition) is 0. The molecule has 1 atom stereocenters. The van der Waals surface area contributed by atoms with Crippen molar-refractivity contribution < 1.29 is 9.53 Å². The first-order valence-corrected chi connectivity index (χ1v) is 11.0. The van der Waals surface area contributed by atoms with Crippen LogP contribution in [0.3, 0.4) is 0 Å². The number of carbonyl (C=O) groups excluding carboxylic acids is 1. The highest BCUT2D eigenvalue weighted by Crippen LogP contribution is 2.25. The number of morpholine rings is 1. The monoisotopic (exact) mass is 366 g/mol. The van der Waals surface area contributed by atoms with Crippen LogP contribution in [0.15, 0.2) is 29.2 Å². The lowest BCUT2D eigenvalue weighted by Crippen LogP contribution is -2.50. The van der Waals surface area contributed by atoms with Gasteiger partial charge >= 0.3 is 0 Å². The molecule has 0 unspecified atom stereocenters. The zero-order valence-electron chi connectivity index (χ0n) is 14.3. The fourth-order valence-corrected chi connectivity index (χ4v) is 4.95. The van der Waals surface area contributed by atoms with Crippen LogP contribution in [0, 0.1) is 0 Å². The molecule has 6 heteroatoms. The number of amides is 1. The van der Waals surface area contributed by atoms with E-state index in [4.69, 9.17) is 4.74 Å². The first-order chi connectivity index (χ1) is 11.8. The second-order valence-electron chi connectivity index (χ2n) is 6.19. The van der Waals surface area contributed by atoms with Crippen molar-refractivity contribution in [1.29, 1.82) is 0 Å². The third-order valence-corrected chi connectivity index (χ3v) is 6.60. The van der Waals surface area contributed by atoms with E-state index in [9.17, 15) is 4.79 Å². The van der Waals surface area contributed by atoms with E-state index in [1.807, 2.05) is 42.3 Å². The third-order valence-electron chi connectivity index (χ3n) is 4.61. The lowest BCUT2D eigenvalue weighted by molar-refractivity contribution is 0.0244. The van der Waals surface area contributed by atoms with Crippen molar-refractivity contribution >= 4 is 29.4 Å². The van der Waals surface area contributed by atoms with Gasteiger partial charge in [0.15, 0.2) is 0 Å². The van der Waals surface area contributed by atoms with Gasteiger partial charge in [0.25, 0.3) is 5.91 Å². The summed E-state index contributed by atoms with van der Waals surface area (Å²) in [5, 5.41) is 0. The molecule has 0 bridgehead atoms. The lowest BCUT2D eigenvalue weighted by Gasteiger charge is -2.36. The Kier molecular flexibility index (Phi) is 6.89. The minimum Gasteiger partial charge on any atom is -0.379 e. The van der Waals surface area contributed by atoms with Gasteiger partial charge in [-0.1, -0.05) is 12.1 Å². The van der Waals surface area contributed by atoms with Crippen LogP contribution >= 0.6 is 23.5 Å². The van der Waals surface area contributed by atoms with Crippen LogP contribution in [0.5, 0.6) is 0 Å². The van der Waals surface area contributed by atoms with Crippen LogP contribution in [-0.4, -0.2) is 78.9 Å². The van der Waals surface area contributed by atoms with Crippen LogP contribution in [0.25, 0.3) is 0 Å². The van der Waals surface area contributed by atoms with E-state index in [1.165, 1.54) is 0 Å². The van der Waals surface area contributed by atoms with Gasteiger partial charge in [0.2, 0.25) is 0 Å². The number of hydrogen-bond acceptors (Lipinski definition) is 5. The van der Waals surface area contributed by atoms with Gasteiger partial charge in [-0.3, -0.25) is 9.69 Å². The Labute approximate surface area is 153 Å². The maximum atomic E-state index is 13.2. The summed E-state index contributed by atoms with van der Waals surface area (Å²) >= 11 is 3.63. The molecule has 2 aliphatic heterocycles. The average molecular weight is 367 g/mol. The van der Waals surface area contributed by atoms with Gasteiger partial charge in [-0.25, -0.2) is 0 Å². The summed E-state index contributed by atoms with van der Waals surface area (Å²) in [7, 11) is 0. The van der Waals surface area contributed by atoms with Crippen molar-refractivity contribution in [3.63, 3.8) is 0 Å². The number of benzene rings is 1. The standard InChI is InChI=1S/C18H26N2O2S2/c1-23-17-6-3-2-5-16(17)18(21)20-7-4-12-24-14-15(20)13-19-8-10-22-11-9-19/h2-3,5-6,15H,4,7-14H2,1H3/t15-/m0/s1. The lowest BCUT2D eigenvalue weighted by atomic mass is 10.1. The molecular formula is C18H26N2O2S2. The van der Waals surface area contributed by atoms with Crippen LogP contribution < -0.4 is 0 Å². The molecule has 4 nitrogen and oxygen atoms in total. The Morgan fingerprint density at radius 3 is 2.88 bits per heavy atom. The van der Waals surface area contributed by atoms with E-state index in [1.54, 1.807) is 11.8 Å².